The zero-order valence-electron chi connectivity index (χ0n) is 69.7. The van der Waals surface area contributed by atoms with Gasteiger partial charge in [0.1, 0.15) is 6.61 Å². The third-order valence-electron chi connectivity index (χ3n) is 33.9. The number of hydrogen-bond donors (Lipinski definition) is 1. The van der Waals surface area contributed by atoms with Crippen LogP contribution in [0.5, 0.6) is 0 Å². The molecule has 0 heterocycles. The fraction of sp³-hybridized carbons (Fsp3) is 0.800. The molecule has 0 radical (unpaired) electrons. The molecule has 9 aliphatic rings. The maximum Gasteiger partial charge on any atom is 0.311 e. The first-order valence-corrected chi connectivity index (χ1v) is 46.0. The molecule has 33 unspecified atom stereocenters. The number of benzene rings is 3. The molecular formula is C100H156O6. The number of aliphatic carboxylic acids is 1. The Morgan fingerprint density at radius 3 is 0.981 bits per heavy atom. The van der Waals surface area contributed by atoms with Crippen LogP contribution in [0.25, 0.3) is 0 Å². The lowest BCUT2D eigenvalue weighted by Gasteiger charge is -2.55. The number of carbonyl (C=O) groups is 2. The molecule has 106 heavy (non-hydrogen) atoms. The Bertz CT molecular complexity index is 3070. The smallest absolute Gasteiger partial charge is 0.311 e. The van der Waals surface area contributed by atoms with E-state index in [0.717, 1.165) is 186 Å². The summed E-state index contributed by atoms with van der Waals surface area (Å²) in [5, 5.41) is 10.3. The van der Waals surface area contributed by atoms with Gasteiger partial charge >= 0.3 is 11.9 Å². The average Bonchev–Trinajstić information content (AvgIpc) is 0.768. The van der Waals surface area contributed by atoms with E-state index in [1.54, 1.807) is 12.8 Å². The van der Waals surface area contributed by atoms with Crippen molar-refractivity contribution in [2.75, 3.05) is 0 Å². The SMILES string of the molecule is CCCCCCC1CC(C2CC(C)C(C3CC(C)C(C4CC(C)C(C5CCC(C(=O)OCc6ccccc6)C(OCc6ccccc6)C5)CC4C)CC3C)CC2C)C(CCCCCC)CC1C1CCC(C2CC(C)C(C3CC(C)C(C4CCC(C(=O)O)C(OCc5ccccc5)C4)CC3C)CC2C)CC1C. The molecule has 9 fully saturated rings. The number of carboxylic acids is 1. The minimum absolute atomic E-state index is 0.0823. The highest BCUT2D eigenvalue weighted by Gasteiger charge is 2.54. The number of carboxylic acid groups (broad SMARTS) is 1. The van der Waals surface area contributed by atoms with Crippen molar-refractivity contribution in [2.24, 2.45) is 183 Å². The van der Waals surface area contributed by atoms with Crippen LogP contribution in [0.1, 0.15) is 306 Å². The Balaban J connectivity index is 0.646. The minimum Gasteiger partial charge on any atom is -0.481 e. The first-order chi connectivity index (χ1) is 51.2. The maximum atomic E-state index is 13.9. The molecule has 0 saturated heterocycles. The van der Waals surface area contributed by atoms with Gasteiger partial charge in [-0.3, -0.25) is 9.59 Å². The van der Waals surface area contributed by atoms with Crippen molar-refractivity contribution in [2.45, 2.75) is 321 Å². The molecule has 12 rings (SSSR count). The van der Waals surface area contributed by atoms with Gasteiger partial charge in [0.15, 0.2) is 0 Å². The molecule has 9 aliphatic carbocycles. The molecule has 592 valence electrons. The van der Waals surface area contributed by atoms with Gasteiger partial charge in [-0.05, 0) is 323 Å². The molecule has 0 spiro atoms. The van der Waals surface area contributed by atoms with Crippen LogP contribution >= 0.6 is 0 Å². The standard InChI is InChI=1S/C100H156O6/c1-14-16-18-29-37-77-57-96(94-55-72(12)93(54-73(94)13)92-53-70(10)91(52-71(92)11)90-51-66(6)87(48-69(90)9)81-41-44-84(100(103)106-62-76-35-27-22-28-36-76)98(59-81)105-61-75-33-25-21-26-34-75)78(38-30-19-17-15-2)56-95(77)82-42-39-79(45-63(82)3)85-46-67(7)88(49-64(85)4)89-50-65(5)86(47-68(89)8)80-40-43-83(99(101)102)97(58-80)104-60-74-31-23-20-24-32-74/h20-28,31-36,63-73,77-98H,14-19,29-30,37-62H2,1-13H3,(H,101,102). The second-order valence-corrected chi connectivity index (χ2v) is 40.5. The molecule has 3 aromatic carbocycles. The Morgan fingerprint density at radius 1 is 0.311 bits per heavy atom. The largest absolute Gasteiger partial charge is 0.481 e. The molecule has 0 aliphatic heterocycles. The summed E-state index contributed by atoms with van der Waals surface area (Å²) in [4.78, 5) is 26.5. The van der Waals surface area contributed by atoms with Crippen LogP contribution < -0.4 is 0 Å². The van der Waals surface area contributed by atoms with Crippen molar-refractivity contribution >= 4 is 11.9 Å². The molecule has 9 saturated carbocycles. The summed E-state index contributed by atoms with van der Waals surface area (Å²) in [7, 11) is 0. The third kappa shape index (κ3) is 20.1. The van der Waals surface area contributed by atoms with Crippen LogP contribution in [0.15, 0.2) is 91.0 Å². The number of unbranched alkanes of at least 4 members (excludes halogenated alkanes) is 6. The zero-order chi connectivity index (χ0) is 74.7. The van der Waals surface area contributed by atoms with Crippen molar-refractivity contribution in [3.8, 4) is 0 Å². The normalized spacial score (nSPS) is 42.6. The summed E-state index contributed by atoms with van der Waals surface area (Å²) in [6, 6.07) is 31.1. The summed E-state index contributed by atoms with van der Waals surface area (Å²) in [6.45, 7) is 35.9. The molecular weight excluding hydrogens is 1300 g/mol. The number of esters is 1. The van der Waals surface area contributed by atoms with Crippen LogP contribution in [-0.2, 0) is 43.6 Å². The van der Waals surface area contributed by atoms with E-state index in [4.69, 9.17) is 14.2 Å². The summed E-state index contributed by atoms with van der Waals surface area (Å²) in [6.07, 6.45) is 41.3. The van der Waals surface area contributed by atoms with Crippen molar-refractivity contribution in [1.82, 2.24) is 0 Å². The van der Waals surface area contributed by atoms with E-state index in [1.165, 1.54) is 153 Å². The van der Waals surface area contributed by atoms with Crippen LogP contribution in [0.3, 0.4) is 0 Å². The highest BCUT2D eigenvalue weighted by Crippen LogP contribution is 2.62. The first kappa shape index (κ1) is 82.0. The lowest BCUT2D eigenvalue weighted by molar-refractivity contribution is -0.161. The second kappa shape index (κ2) is 38.8. The van der Waals surface area contributed by atoms with Crippen LogP contribution in [0.4, 0.5) is 0 Å². The quantitative estimate of drug-likeness (QED) is 0.0576. The molecule has 3 aromatic rings. The van der Waals surface area contributed by atoms with E-state index in [2.05, 4.69) is 145 Å². The minimum atomic E-state index is -0.673. The Morgan fingerprint density at radius 2 is 0.613 bits per heavy atom. The highest BCUT2D eigenvalue weighted by atomic mass is 16.5. The highest BCUT2D eigenvalue weighted by molar-refractivity contribution is 5.73. The predicted octanol–water partition coefficient (Wildman–Crippen LogP) is 26.6. The van der Waals surface area contributed by atoms with Crippen molar-refractivity contribution in [1.29, 1.82) is 0 Å². The van der Waals surface area contributed by atoms with Gasteiger partial charge in [0.2, 0.25) is 0 Å². The molecule has 6 nitrogen and oxygen atoms in total. The van der Waals surface area contributed by atoms with Crippen LogP contribution in [0.2, 0.25) is 0 Å². The predicted molar refractivity (Wildman–Crippen MR) is 439 cm³/mol. The van der Waals surface area contributed by atoms with E-state index in [1.807, 2.05) is 36.4 Å². The Hall–Kier alpha value is -3.48. The monoisotopic (exact) mass is 1450 g/mol. The van der Waals surface area contributed by atoms with Gasteiger partial charge < -0.3 is 19.3 Å². The van der Waals surface area contributed by atoms with Gasteiger partial charge in [0.05, 0.1) is 37.3 Å². The molecule has 0 bridgehead atoms. The summed E-state index contributed by atoms with van der Waals surface area (Å²) >= 11 is 0. The Kier molecular flexibility index (Phi) is 30.0. The molecule has 0 amide bonds. The molecule has 1 N–H and O–H groups in total. The number of carbonyl (C=O) groups excluding carboxylic acids is 1. The first-order valence-electron chi connectivity index (χ1n) is 46.0. The van der Waals surface area contributed by atoms with Crippen molar-refractivity contribution in [3.63, 3.8) is 0 Å². The number of ether oxygens (including phenoxy) is 3. The third-order valence-corrected chi connectivity index (χ3v) is 33.9. The van der Waals surface area contributed by atoms with Gasteiger partial charge in [-0.25, -0.2) is 0 Å². The van der Waals surface area contributed by atoms with Gasteiger partial charge in [-0.2, -0.15) is 0 Å². The zero-order valence-corrected chi connectivity index (χ0v) is 69.7. The summed E-state index contributed by atoms with van der Waals surface area (Å²) < 4.78 is 19.4. The second-order valence-electron chi connectivity index (χ2n) is 40.5. The van der Waals surface area contributed by atoms with Crippen LogP contribution in [0, 0.1) is 183 Å². The lowest BCUT2D eigenvalue weighted by atomic mass is 9.50. The average molecular weight is 1450 g/mol. The fourth-order valence-electron chi connectivity index (χ4n) is 28.2. The van der Waals surface area contributed by atoms with E-state index in [-0.39, 0.29) is 24.1 Å². The summed E-state index contributed by atoms with van der Waals surface area (Å²) in [5.74, 6) is 22.0. The van der Waals surface area contributed by atoms with Crippen LogP contribution in [-0.4, -0.2) is 29.3 Å². The molecule has 6 heteroatoms. The Labute approximate surface area is 649 Å². The fourth-order valence-corrected chi connectivity index (χ4v) is 28.2. The summed E-state index contributed by atoms with van der Waals surface area (Å²) in [5.41, 5.74) is 3.35. The lowest BCUT2D eigenvalue weighted by Crippen LogP contribution is -2.48. The molecule has 0 aromatic heterocycles. The van der Waals surface area contributed by atoms with Crippen molar-refractivity contribution < 1.29 is 28.9 Å². The van der Waals surface area contributed by atoms with E-state index in [9.17, 15) is 14.7 Å². The van der Waals surface area contributed by atoms with Gasteiger partial charge in [0, 0.05) is 0 Å². The van der Waals surface area contributed by atoms with E-state index >= 15 is 0 Å². The maximum absolute atomic E-state index is 13.9. The molecule has 33 atom stereocenters. The van der Waals surface area contributed by atoms with E-state index in [0.29, 0.717) is 55.3 Å². The topological polar surface area (TPSA) is 82.1 Å². The number of hydrogen-bond acceptors (Lipinski definition) is 5. The van der Waals surface area contributed by atoms with Gasteiger partial charge in [0.25, 0.3) is 0 Å². The van der Waals surface area contributed by atoms with Gasteiger partial charge in [-0.15, -0.1) is 0 Å². The number of rotatable bonds is 28. The van der Waals surface area contributed by atoms with Crippen molar-refractivity contribution in [3.05, 3.63) is 108 Å². The van der Waals surface area contributed by atoms with E-state index < -0.39 is 11.9 Å². The van der Waals surface area contributed by atoms with Gasteiger partial charge in [-0.1, -0.05) is 245 Å².